The number of halogens is 1. The molecule has 0 aliphatic carbocycles. The predicted molar refractivity (Wildman–Crippen MR) is 117 cm³/mol. The maximum absolute atomic E-state index is 13.0. The molecule has 1 N–H and O–H groups in total. The van der Waals surface area contributed by atoms with Crippen molar-refractivity contribution in [2.45, 2.75) is 13.5 Å². The summed E-state index contributed by atoms with van der Waals surface area (Å²) in [5.74, 6) is 1.90. The van der Waals surface area contributed by atoms with Crippen LogP contribution in [-0.2, 0) is 6.54 Å². The zero-order valence-corrected chi connectivity index (χ0v) is 17.5. The minimum absolute atomic E-state index is 0.177. The van der Waals surface area contributed by atoms with Gasteiger partial charge in [-0.3, -0.25) is 4.79 Å². The quantitative estimate of drug-likeness (QED) is 0.459. The van der Waals surface area contributed by atoms with Gasteiger partial charge in [-0.1, -0.05) is 23.7 Å². The van der Waals surface area contributed by atoms with Crippen LogP contribution in [0, 0.1) is 6.92 Å². The summed E-state index contributed by atoms with van der Waals surface area (Å²) in [4.78, 5) is 13.0. The summed E-state index contributed by atoms with van der Waals surface area (Å²) in [6.45, 7) is 2.44. The molecule has 0 saturated heterocycles. The monoisotopic (exact) mass is 434 g/mol. The molecule has 0 unspecified atom stereocenters. The van der Waals surface area contributed by atoms with Crippen LogP contribution in [0.15, 0.2) is 71.3 Å². The molecule has 31 heavy (non-hydrogen) atoms. The molecule has 0 fully saturated rings. The van der Waals surface area contributed by atoms with E-state index in [-0.39, 0.29) is 12.7 Å². The van der Waals surface area contributed by atoms with Crippen molar-refractivity contribution in [3.05, 3.63) is 89.0 Å². The molecule has 0 bridgehead atoms. The second-order valence-corrected chi connectivity index (χ2v) is 7.61. The van der Waals surface area contributed by atoms with Crippen LogP contribution in [0.5, 0.6) is 11.5 Å². The smallest absolute Gasteiger partial charge is 0.253 e. The molecule has 1 aliphatic rings. The van der Waals surface area contributed by atoms with Crippen molar-refractivity contribution in [3.8, 4) is 28.4 Å². The summed E-state index contributed by atoms with van der Waals surface area (Å²) in [6.07, 6.45) is 1.58. The average Bonchev–Trinajstić information content (AvgIpc) is 3.52. The summed E-state index contributed by atoms with van der Waals surface area (Å²) in [5, 5.41) is 3.58. The molecule has 2 aromatic carbocycles. The van der Waals surface area contributed by atoms with Gasteiger partial charge < -0.3 is 23.8 Å². The van der Waals surface area contributed by atoms with Gasteiger partial charge in [-0.05, 0) is 55.0 Å². The van der Waals surface area contributed by atoms with Crippen LogP contribution in [0.4, 0.5) is 0 Å². The van der Waals surface area contributed by atoms with E-state index in [0.717, 1.165) is 22.6 Å². The molecule has 0 radical (unpaired) electrons. The molecule has 0 atom stereocenters. The highest BCUT2D eigenvalue weighted by Gasteiger charge is 2.22. The Hall–Kier alpha value is -3.64. The number of hydrogen-bond acceptors (Lipinski definition) is 4. The molecule has 1 amide bonds. The molecule has 2 aromatic heterocycles. The van der Waals surface area contributed by atoms with E-state index in [1.807, 2.05) is 66.1 Å². The molecule has 0 spiro atoms. The number of fused-ring (bicyclic) bond motifs is 1. The number of furan rings is 1. The first-order valence-corrected chi connectivity index (χ1v) is 10.2. The molecule has 3 heterocycles. The van der Waals surface area contributed by atoms with E-state index in [0.29, 0.717) is 34.4 Å². The molecular formula is C24H19ClN2O4. The zero-order valence-electron chi connectivity index (χ0n) is 16.7. The maximum atomic E-state index is 13.0. The van der Waals surface area contributed by atoms with Gasteiger partial charge in [0.15, 0.2) is 11.5 Å². The summed E-state index contributed by atoms with van der Waals surface area (Å²) < 4.78 is 18.3. The Kier molecular flexibility index (Phi) is 4.92. The van der Waals surface area contributed by atoms with Crippen LogP contribution in [0.25, 0.3) is 16.9 Å². The van der Waals surface area contributed by atoms with Crippen LogP contribution in [0.2, 0.25) is 5.02 Å². The van der Waals surface area contributed by atoms with E-state index in [4.69, 9.17) is 25.5 Å². The predicted octanol–water partition coefficient (Wildman–Crippen LogP) is 5.36. The van der Waals surface area contributed by atoms with Crippen LogP contribution >= 0.6 is 11.6 Å². The minimum atomic E-state index is -0.177. The Labute approximate surface area is 184 Å². The third-order valence-corrected chi connectivity index (χ3v) is 5.50. The first-order chi connectivity index (χ1) is 15.1. The Morgan fingerprint density at radius 2 is 1.87 bits per heavy atom. The molecule has 6 nitrogen and oxygen atoms in total. The SMILES string of the molecule is Cc1c(C(=O)NCc2ccco2)cc(-c2ccc(Cl)cc2)n1-c1ccc2c(c1)OCO2. The number of carbonyl (C=O) groups excluding carboxylic acids is 1. The fraction of sp³-hybridized carbons (Fsp3) is 0.125. The van der Waals surface area contributed by atoms with E-state index in [1.165, 1.54) is 0 Å². The molecular weight excluding hydrogens is 416 g/mol. The standard InChI is InChI=1S/C24H19ClN2O4/c1-15-20(24(28)26-13-19-3-2-10-29-19)12-21(16-4-6-17(25)7-5-16)27(15)18-8-9-22-23(11-18)31-14-30-22/h2-12H,13-14H2,1H3,(H,26,28). The van der Waals surface area contributed by atoms with E-state index in [1.54, 1.807) is 12.3 Å². The third-order valence-electron chi connectivity index (χ3n) is 5.25. The Balaban J connectivity index is 1.57. The normalized spacial score (nSPS) is 12.2. The van der Waals surface area contributed by atoms with Crippen molar-refractivity contribution in [2.24, 2.45) is 0 Å². The van der Waals surface area contributed by atoms with Gasteiger partial charge >= 0.3 is 0 Å². The fourth-order valence-corrected chi connectivity index (χ4v) is 3.83. The lowest BCUT2D eigenvalue weighted by molar-refractivity contribution is 0.0947. The number of benzene rings is 2. The number of aromatic nitrogens is 1. The number of amides is 1. The lowest BCUT2D eigenvalue weighted by Crippen LogP contribution is -2.23. The van der Waals surface area contributed by atoms with E-state index >= 15 is 0 Å². The molecule has 156 valence electrons. The summed E-state index contributed by atoms with van der Waals surface area (Å²) in [7, 11) is 0. The van der Waals surface area contributed by atoms with Gasteiger partial charge in [-0.25, -0.2) is 0 Å². The minimum Gasteiger partial charge on any atom is -0.467 e. The highest BCUT2D eigenvalue weighted by Crippen LogP contribution is 2.37. The van der Waals surface area contributed by atoms with Crippen LogP contribution in [0.3, 0.4) is 0 Å². The topological polar surface area (TPSA) is 65.6 Å². The lowest BCUT2D eigenvalue weighted by atomic mass is 10.1. The lowest BCUT2D eigenvalue weighted by Gasteiger charge is -2.13. The molecule has 4 aromatic rings. The van der Waals surface area contributed by atoms with Gasteiger partial charge in [0.2, 0.25) is 6.79 Å². The first-order valence-electron chi connectivity index (χ1n) is 9.79. The summed E-state index contributed by atoms with van der Waals surface area (Å²) >= 11 is 6.09. The van der Waals surface area contributed by atoms with Gasteiger partial charge in [0.05, 0.1) is 24.1 Å². The largest absolute Gasteiger partial charge is 0.467 e. The second-order valence-electron chi connectivity index (χ2n) is 7.17. The van der Waals surface area contributed by atoms with Gasteiger partial charge in [-0.15, -0.1) is 0 Å². The highest BCUT2D eigenvalue weighted by molar-refractivity contribution is 6.30. The van der Waals surface area contributed by atoms with Crippen LogP contribution in [0.1, 0.15) is 21.8 Å². The van der Waals surface area contributed by atoms with Gasteiger partial charge in [0.25, 0.3) is 5.91 Å². The van der Waals surface area contributed by atoms with E-state index in [2.05, 4.69) is 5.32 Å². The van der Waals surface area contributed by atoms with E-state index < -0.39 is 0 Å². The number of carbonyl (C=O) groups is 1. The van der Waals surface area contributed by atoms with Crippen molar-refractivity contribution >= 4 is 17.5 Å². The number of hydrogen-bond donors (Lipinski definition) is 1. The second kappa shape index (κ2) is 7.89. The molecule has 0 saturated carbocycles. The molecule has 7 heteroatoms. The molecule has 5 rings (SSSR count). The van der Waals surface area contributed by atoms with E-state index in [9.17, 15) is 4.79 Å². The van der Waals surface area contributed by atoms with Crippen molar-refractivity contribution in [3.63, 3.8) is 0 Å². The Morgan fingerprint density at radius 3 is 2.65 bits per heavy atom. The Morgan fingerprint density at radius 1 is 1.06 bits per heavy atom. The van der Waals surface area contributed by atoms with Crippen molar-refractivity contribution in [1.29, 1.82) is 0 Å². The first kappa shape index (κ1) is 19.3. The number of ether oxygens (including phenoxy) is 2. The van der Waals surface area contributed by atoms with Gasteiger partial charge in [0, 0.05) is 22.5 Å². The number of rotatable bonds is 5. The fourth-order valence-electron chi connectivity index (χ4n) is 3.70. The number of nitrogens with zero attached hydrogens (tertiary/aromatic N) is 1. The Bertz CT molecular complexity index is 1240. The summed E-state index contributed by atoms with van der Waals surface area (Å²) in [6, 6.07) is 18.8. The highest BCUT2D eigenvalue weighted by atomic mass is 35.5. The zero-order chi connectivity index (χ0) is 21.4. The van der Waals surface area contributed by atoms with Crippen LogP contribution in [-0.4, -0.2) is 17.3 Å². The third kappa shape index (κ3) is 3.66. The molecule has 1 aliphatic heterocycles. The van der Waals surface area contributed by atoms with Crippen LogP contribution < -0.4 is 14.8 Å². The average molecular weight is 435 g/mol. The van der Waals surface area contributed by atoms with Gasteiger partial charge in [-0.2, -0.15) is 0 Å². The van der Waals surface area contributed by atoms with Gasteiger partial charge in [0.1, 0.15) is 5.76 Å². The van der Waals surface area contributed by atoms with Crippen molar-refractivity contribution < 1.29 is 18.7 Å². The maximum Gasteiger partial charge on any atom is 0.253 e. The number of nitrogens with one attached hydrogen (secondary N) is 1. The summed E-state index contributed by atoms with van der Waals surface area (Å²) in [5.41, 5.74) is 4.07. The van der Waals surface area contributed by atoms with Crippen molar-refractivity contribution in [2.75, 3.05) is 6.79 Å². The van der Waals surface area contributed by atoms with Crippen molar-refractivity contribution in [1.82, 2.24) is 9.88 Å².